The molecule has 1 rings (SSSR count). The summed E-state index contributed by atoms with van der Waals surface area (Å²) < 4.78 is 27.9. The summed E-state index contributed by atoms with van der Waals surface area (Å²) in [5.41, 5.74) is 1.13. The number of hydrogen-bond acceptors (Lipinski definition) is 1. The first kappa shape index (κ1) is 11.0. The van der Waals surface area contributed by atoms with Gasteiger partial charge in [-0.15, -0.1) is 0 Å². The van der Waals surface area contributed by atoms with Crippen LogP contribution >= 0.6 is 0 Å². The van der Waals surface area contributed by atoms with Crippen molar-refractivity contribution in [3.05, 3.63) is 29.8 Å². The van der Waals surface area contributed by atoms with Gasteiger partial charge in [-0.1, -0.05) is 32.9 Å². The molecule has 0 spiro atoms. The van der Waals surface area contributed by atoms with Gasteiger partial charge in [-0.25, -0.2) is 0 Å². The van der Waals surface area contributed by atoms with Crippen molar-refractivity contribution in [1.29, 1.82) is 0 Å². The lowest BCUT2D eigenvalue weighted by Crippen LogP contribution is -2.10. The van der Waals surface area contributed by atoms with E-state index in [4.69, 9.17) is 0 Å². The first-order chi connectivity index (χ1) is 6.39. The second-order valence-corrected chi connectivity index (χ2v) is 4.15. The van der Waals surface area contributed by atoms with Crippen LogP contribution in [0.2, 0.25) is 0 Å². The van der Waals surface area contributed by atoms with Crippen molar-refractivity contribution in [2.45, 2.75) is 32.8 Å². The topological polar surface area (TPSA) is 9.23 Å². The molecule has 0 amide bonds. The lowest BCUT2D eigenvalue weighted by atomic mass is 9.87. The van der Waals surface area contributed by atoms with Crippen molar-refractivity contribution in [3.63, 3.8) is 0 Å². The van der Waals surface area contributed by atoms with Crippen LogP contribution in [0.3, 0.4) is 0 Å². The van der Waals surface area contributed by atoms with E-state index >= 15 is 0 Å². The molecule has 0 aliphatic heterocycles. The highest BCUT2D eigenvalue weighted by Gasteiger charge is 2.13. The Hall–Kier alpha value is -1.12. The molecule has 3 heteroatoms. The molecule has 1 nitrogen and oxygen atoms in total. The van der Waals surface area contributed by atoms with Crippen molar-refractivity contribution < 1.29 is 13.5 Å². The zero-order valence-electron chi connectivity index (χ0n) is 8.55. The van der Waals surface area contributed by atoms with Gasteiger partial charge >= 0.3 is 6.61 Å². The van der Waals surface area contributed by atoms with Gasteiger partial charge in [0.1, 0.15) is 5.75 Å². The van der Waals surface area contributed by atoms with Gasteiger partial charge in [0.25, 0.3) is 0 Å². The van der Waals surface area contributed by atoms with E-state index in [2.05, 4.69) is 25.5 Å². The molecular formula is C11H14F2O. The lowest BCUT2D eigenvalue weighted by Gasteiger charge is -2.19. The first-order valence-electron chi connectivity index (χ1n) is 4.45. The molecule has 0 fully saturated rings. The Kier molecular flexibility index (Phi) is 3.09. The van der Waals surface area contributed by atoms with Gasteiger partial charge in [0.15, 0.2) is 0 Å². The molecule has 78 valence electrons. The average Bonchev–Trinajstić information content (AvgIpc) is 2.02. The first-order valence-corrected chi connectivity index (χ1v) is 4.45. The van der Waals surface area contributed by atoms with E-state index in [0.29, 0.717) is 0 Å². The van der Waals surface area contributed by atoms with Crippen LogP contribution in [0, 0.1) is 0 Å². The van der Waals surface area contributed by atoms with Crippen molar-refractivity contribution >= 4 is 0 Å². The molecule has 0 heterocycles. The standard InChI is InChI=1S/C11H14F2O/c1-11(2,3)8-4-6-9(7-5-8)14-10(12)13/h4-7,10H,1-3H3. The number of halogens is 2. The Balaban J connectivity index is 2.79. The normalized spacial score (nSPS) is 11.9. The van der Waals surface area contributed by atoms with Crippen LogP contribution in [0.5, 0.6) is 5.75 Å². The monoisotopic (exact) mass is 200 g/mol. The fraction of sp³-hybridized carbons (Fsp3) is 0.455. The minimum atomic E-state index is -2.75. The highest BCUT2D eigenvalue weighted by Crippen LogP contribution is 2.24. The van der Waals surface area contributed by atoms with Gasteiger partial charge in [-0.3, -0.25) is 0 Å². The fourth-order valence-corrected chi connectivity index (χ4v) is 1.14. The summed E-state index contributed by atoms with van der Waals surface area (Å²) in [6, 6.07) is 6.73. The minimum absolute atomic E-state index is 0.0311. The fourth-order valence-electron chi connectivity index (χ4n) is 1.14. The lowest BCUT2D eigenvalue weighted by molar-refractivity contribution is -0.0498. The molecule has 1 aromatic carbocycles. The van der Waals surface area contributed by atoms with Crippen LogP contribution in [0.25, 0.3) is 0 Å². The third kappa shape index (κ3) is 2.98. The molecule has 0 bridgehead atoms. The molecule has 14 heavy (non-hydrogen) atoms. The van der Waals surface area contributed by atoms with Gasteiger partial charge in [-0.05, 0) is 23.1 Å². The molecule has 0 atom stereocenters. The number of alkyl halides is 2. The predicted octanol–water partition coefficient (Wildman–Crippen LogP) is 3.59. The third-order valence-electron chi connectivity index (χ3n) is 1.95. The van der Waals surface area contributed by atoms with Crippen LogP contribution in [0.15, 0.2) is 24.3 Å². The van der Waals surface area contributed by atoms with Crippen LogP contribution in [0.4, 0.5) is 8.78 Å². The summed E-state index contributed by atoms with van der Waals surface area (Å²) in [5.74, 6) is 0.202. The summed E-state index contributed by atoms with van der Waals surface area (Å²) in [7, 11) is 0. The highest BCUT2D eigenvalue weighted by molar-refractivity contribution is 5.31. The SMILES string of the molecule is CC(C)(C)c1ccc(OC(F)F)cc1. The zero-order valence-corrected chi connectivity index (χ0v) is 8.55. The number of rotatable bonds is 2. The van der Waals surface area contributed by atoms with E-state index < -0.39 is 6.61 Å². The van der Waals surface area contributed by atoms with E-state index in [9.17, 15) is 8.78 Å². The third-order valence-corrected chi connectivity index (χ3v) is 1.95. The van der Waals surface area contributed by atoms with E-state index in [1.54, 1.807) is 24.3 Å². The number of benzene rings is 1. The van der Waals surface area contributed by atoms with Crippen molar-refractivity contribution in [3.8, 4) is 5.75 Å². The van der Waals surface area contributed by atoms with Crippen molar-refractivity contribution in [1.82, 2.24) is 0 Å². The maximum absolute atomic E-state index is 11.8. The van der Waals surface area contributed by atoms with Crippen LogP contribution in [0.1, 0.15) is 26.3 Å². The van der Waals surface area contributed by atoms with Gasteiger partial charge < -0.3 is 4.74 Å². The van der Waals surface area contributed by atoms with Crippen molar-refractivity contribution in [2.24, 2.45) is 0 Å². The smallest absolute Gasteiger partial charge is 0.387 e. The van der Waals surface area contributed by atoms with E-state index in [-0.39, 0.29) is 11.2 Å². The Bertz CT molecular complexity index is 285. The van der Waals surface area contributed by atoms with E-state index in [1.165, 1.54) is 0 Å². The summed E-state index contributed by atoms with van der Waals surface area (Å²) in [4.78, 5) is 0. The molecule has 0 aliphatic carbocycles. The van der Waals surface area contributed by atoms with Crippen LogP contribution in [-0.4, -0.2) is 6.61 Å². The molecular weight excluding hydrogens is 186 g/mol. The quantitative estimate of drug-likeness (QED) is 0.709. The van der Waals surface area contributed by atoms with Gasteiger partial charge in [0.2, 0.25) is 0 Å². The number of hydrogen-bond donors (Lipinski definition) is 0. The van der Waals surface area contributed by atoms with Gasteiger partial charge in [0, 0.05) is 0 Å². The van der Waals surface area contributed by atoms with E-state index in [0.717, 1.165) is 5.56 Å². The van der Waals surface area contributed by atoms with Crippen molar-refractivity contribution in [2.75, 3.05) is 0 Å². The molecule has 0 aliphatic rings. The minimum Gasteiger partial charge on any atom is -0.435 e. The summed E-state index contributed by atoms with van der Waals surface area (Å²) in [5, 5.41) is 0. The molecule has 0 saturated heterocycles. The van der Waals surface area contributed by atoms with Crippen LogP contribution in [-0.2, 0) is 5.41 Å². The Morgan fingerprint density at radius 2 is 1.57 bits per heavy atom. The zero-order chi connectivity index (χ0) is 10.8. The van der Waals surface area contributed by atoms with Crippen LogP contribution < -0.4 is 4.74 Å². The second kappa shape index (κ2) is 3.95. The molecule has 0 N–H and O–H groups in total. The molecule has 0 unspecified atom stereocenters. The van der Waals surface area contributed by atoms with E-state index in [1.807, 2.05) is 0 Å². The number of ether oxygens (including phenoxy) is 1. The van der Waals surface area contributed by atoms with Gasteiger partial charge in [-0.2, -0.15) is 8.78 Å². The Labute approximate surface area is 82.7 Å². The largest absolute Gasteiger partial charge is 0.435 e. The molecule has 1 aromatic rings. The Morgan fingerprint density at radius 3 is 1.93 bits per heavy atom. The molecule has 0 radical (unpaired) electrons. The maximum atomic E-state index is 11.8. The Morgan fingerprint density at radius 1 is 1.07 bits per heavy atom. The molecule has 0 aromatic heterocycles. The maximum Gasteiger partial charge on any atom is 0.387 e. The average molecular weight is 200 g/mol. The predicted molar refractivity (Wildman–Crippen MR) is 51.8 cm³/mol. The summed E-state index contributed by atoms with van der Waals surface area (Å²) in [6.07, 6.45) is 0. The molecule has 0 saturated carbocycles. The summed E-state index contributed by atoms with van der Waals surface area (Å²) in [6.45, 7) is 3.44. The summed E-state index contributed by atoms with van der Waals surface area (Å²) >= 11 is 0. The van der Waals surface area contributed by atoms with Gasteiger partial charge in [0.05, 0.1) is 0 Å². The second-order valence-electron chi connectivity index (χ2n) is 4.15. The highest BCUT2D eigenvalue weighted by atomic mass is 19.3.